The van der Waals surface area contributed by atoms with Crippen LogP contribution in [0.15, 0.2) is 29.2 Å². The van der Waals surface area contributed by atoms with Crippen LogP contribution in [-0.4, -0.2) is 13.2 Å². The summed E-state index contributed by atoms with van der Waals surface area (Å²) >= 11 is 0. The number of aryl methyl sites for hydroxylation is 1. The Kier molecular flexibility index (Phi) is 4.63. The third-order valence-electron chi connectivity index (χ3n) is 5.97. The molecule has 1 aromatic rings. The summed E-state index contributed by atoms with van der Waals surface area (Å²) in [6, 6.07) is 7.56. The Bertz CT molecular complexity index is 606. The summed E-state index contributed by atoms with van der Waals surface area (Å²) in [5.41, 5.74) is 0.906. The molecule has 0 saturated heterocycles. The fraction of sp³-hybridized carbons (Fsp3) is 0.684. The van der Waals surface area contributed by atoms with Crippen molar-refractivity contribution in [2.24, 2.45) is 5.92 Å². The lowest BCUT2D eigenvalue weighted by Crippen LogP contribution is -2.48. The average Bonchev–Trinajstić information content (AvgIpc) is 2.56. The van der Waals surface area contributed by atoms with Crippen LogP contribution in [0.2, 0.25) is 0 Å². The zero-order valence-corrected chi connectivity index (χ0v) is 14.5. The molecule has 122 valence electrons. The highest BCUT2D eigenvalue weighted by Gasteiger charge is 2.50. The molecule has 0 aliphatic heterocycles. The molecule has 3 rings (SSSR count). The topological polar surface area (TPSA) is 34.1 Å². The summed E-state index contributed by atoms with van der Waals surface area (Å²) in [4.78, 5) is 0.586. The van der Waals surface area contributed by atoms with E-state index in [9.17, 15) is 8.42 Å². The zero-order valence-electron chi connectivity index (χ0n) is 13.7. The van der Waals surface area contributed by atoms with Crippen LogP contribution in [0.5, 0.6) is 0 Å². The van der Waals surface area contributed by atoms with Gasteiger partial charge in [0.2, 0.25) is 0 Å². The maximum Gasteiger partial charge on any atom is 0.184 e. The van der Waals surface area contributed by atoms with Crippen molar-refractivity contribution in [1.29, 1.82) is 0 Å². The van der Waals surface area contributed by atoms with E-state index in [0.717, 1.165) is 44.1 Å². The van der Waals surface area contributed by atoms with Crippen LogP contribution in [0.25, 0.3) is 0 Å². The van der Waals surface area contributed by atoms with E-state index in [2.05, 4.69) is 0 Å². The van der Waals surface area contributed by atoms with Gasteiger partial charge in [-0.15, -0.1) is 0 Å². The van der Waals surface area contributed by atoms with Crippen molar-refractivity contribution in [3.63, 3.8) is 0 Å². The second-order valence-electron chi connectivity index (χ2n) is 7.23. The zero-order chi connectivity index (χ0) is 15.6. The van der Waals surface area contributed by atoms with Gasteiger partial charge >= 0.3 is 0 Å². The van der Waals surface area contributed by atoms with E-state index in [4.69, 9.17) is 0 Å². The van der Waals surface area contributed by atoms with Crippen molar-refractivity contribution >= 4 is 9.84 Å². The lowest BCUT2D eigenvalue weighted by Gasteiger charge is -2.44. The van der Waals surface area contributed by atoms with Gasteiger partial charge < -0.3 is 0 Å². The molecule has 0 atom stereocenters. The van der Waals surface area contributed by atoms with Crippen molar-refractivity contribution in [2.75, 3.05) is 0 Å². The van der Waals surface area contributed by atoms with Crippen molar-refractivity contribution < 1.29 is 8.42 Å². The summed E-state index contributed by atoms with van der Waals surface area (Å²) in [6.45, 7) is 1.93. The molecule has 2 aliphatic rings. The Morgan fingerprint density at radius 2 is 1.50 bits per heavy atom. The Morgan fingerprint density at radius 1 is 0.909 bits per heavy atom. The molecular weight excluding hydrogens is 292 g/mol. The first-order chi connectivity index (χ1) is 10.6. The van der Waals surface area contributed by atoms with Crippen molar-refractivity contribution in [3.05, 3.63) is 29.8 Å². The van der Waals surface area contributed by atoms with Gasteiger partial charge in [-0.25, -0.2) is 8.42 Å². The third kappa shape index (κ3) is 2.62. The molecule has 1 aromatic carbocycles. The fourth-order valence-corrected chi connectivity index (χ4v) is 7.44. The molecule has 0 unspecified atom stereocenters. The van der Waals surface area contributed by atoms with Crippen molar-refractivity contribution in [3.8, 4) is 0 Å². The van der Waals surface area contributed by atoms with Gasteiger partial charge in [0.1, 0.15) is 0 Å². The molecule has 3 heteroatoms. The lowest BCUT2D eigenvalue weighted by atomic mass is 9.72. The van der Waals surface area contributed by atoms with Crippen molar-refractivity contribution in [2.45, 2.75) is 80.8 Å². The standard InChI is InChI=1S/C19H28O2S/c1-16-10-6-7-13-18(16)22(20,21)19(14-8-3-9-15-19)17-11-4-2-5-12-17/h6-7,10,13,17H,2-5,8-9,11-12,14-15H2,1H3. The normalized spacial score (nSPS) is 23.3. The van der Waals surface area contributed by atoms with Crippen LogP contribution in [0.3, 0.4) is 0 Å². The van der Waals surface area contributed by atoms with E-state index >= 15 is 0 Å². The summed E-state index contributed by atoms with van der Waals surface area (Å²) in [5, 5.41) is 0. The van der Waals surface area contributed by atoms with E-state index < -0.39 is 14.6 Å². The molecule has 22 heavy (non-hydrogen) atoms. The molecule has 0 heterocycles. The van der Waals surface area contributed by atoms with Gasteiger partial charge in [-0.2, -0.15) is 0 Å². The van der Waals surface area contributed by atoms with Gasteiger partial charge in [-0.3, -0.25) is 0 Å². The maximum absolute atomic E-state index is 13.6. The molecule has 2 aliphatic carbocycles. The van der Waals surface area contributed by atoms with Crippen LogP contribution >= 0.6 is 0 Å². The monoisotopic (exact) mass is 320 g/mol. The number of benzene rings is 1. The second-order valence-corrected chi connectivity index (χ2v) is 9.49. The van der Waals surface area contributed by atoms with Gasteiger partial charge in [-0.1, -0.05) is 56.7 Å². The van der Waals surface area contributed by atoms with E-state index in [-0.39, 0.29) is 0 Å². The molecule has 2 saturated carbocycles. The smallest absolute Gasteiger partial charge is 0.184 e. The number of hydrogen-bond acceptors (Lipinski definition) is 2. The highest BCUT2D eigenvalue weighted by Crippen LogP contribution is 2.49. The van der Waals surface area contributed by atoms with E-state index in [1.165, 1.54) is 25.7 Å². The molecule has 0 aromatic heterocycles. The summed E-state index contributed by atoms with van der Waals surface area (Å²) in [7, 11) is -3.25. The molecule has 0 bridgehead atoms. The SMILES string of the molecule is Cc1ccccc1S(=O)(=O)C1(C2CCCCC2)CCCCC1. The first-order valence-electron chi connectivity index (χ1n) is 8.88. The quantitative estimate of drug-likeness (QED) is 0.781. The first-order valence-corrected chi connectivity index (χ1v) is 10.4. The van der Waals surface area contributed by atoms with Gasteiger partial charge in [0.05, 0.1) is 9.64 Å². The third-order valence-corrected chi connectivity index (χ3v) is 8.82. The predicted octanol–water partition coefficient (Wildman–Crippen LogP) is 5.05. The molecule has 0 amide bonds. The minimum absolute atomic E-state index is 0.367. The van der Waals surface area contributed by atoms with Crippen LogP contribution in [0.1, 0.15) is 69.8 Å². The number of sulfone groups is 1. The molecule has 0 radical (unpaired) electrons. The van der Waals surface area contributed by atoms with Crippen molar-refractivity contribution in [1.82, 2.24) is 0 Å². The highest BCUT2D eigenvalue weighted by atomic mass is 32.2. The summed E-state index contributed by atoms with van der Waals surface area (Å²) in [5.74, 6) is 0.367. The maximum atomic E-state index is 13.6. The van der Waals surface area contributed by atoms with E-state index in [1.807, 2.05) is 31.2 Å². The number of rotatable bonds is 3. The van der Waals surface area contributed by atoms with Crippen LogP contribution < -0.4 is 0 Å². The minimum Gasteiger partial charge on any atom is -0.223 e. The Labute approximate surface area is 135 Å². The van der Waals surface area contributed by atoms with Gasteiger partial charge in [0, 0.05) is 0 Å². The minimum atomic E-state index is -3.25. The number of hydrogen-bond donors (Lipinski definition) is 0. The first kappa shape index (κ1) is 16.0. The van der Waals surface area contributed by atoms with Crippen LogP contribution in [0, 0.1) is 12.8 Å². The second kappa shape index (κ2) is 6.35. The summed E-state index contributed by atoms with van der Waals surface area (Å²) < 4.78 is 26.8. The largest absolute Gasteiger partial charge is 0.223 e. The van der Waals surface area contributed by atoms with Crippen LogP contribution in [0.4, 0.5) is 0 Å². The molecule has 2 fully saturated rings. The Balaban J connectivity index is 2.07. The van der Waals surface area contributed by atoms with Gasteiger partial charge in [0.15, 0.2) is 9.84 Å². The van der Waals surface area contributed by atoms with Crippen LogP contribution in [-0.2, 0) is 9.84 Å². The average molecular weight is 320 g/mol. The molecule has 2 nitrogen and oxygen atoms in total. The van der Waals surface area contributed by atoms with E-state index in [1.54, 1.807) is 0 Å². The molecule has 0 spiro atoms. The highest BCUT2D eigenvalue weighted by molar-refractivity contribution is 7.93. The predicted molar refractivity (Wildman–Crippen MR) is 90.8 cm³/mol. The lowest BCUT2D eigenvalue weighted by molar-refractivity contribution is 0.215. The summed E-state index contributed by atoms with van der Waals surface area (Å²) in [6.07, 6.45) is 11.0. The van der Waals surface area contributed by atoms with Gasteiger partial charge in [0.25, 0.3) is 0 Å². The molecular formula is C19H28O2S. The Morgan fingerprint density at radius 3 is 2.14 bits per heavy atom. The van der Waals surface area contributed by atoms with Gasteiger partial charge in [-0.05, 0) is 50.2 Å². The van der Waals surface area contributed by atoms with E-state index in [0.29, 0.717) is 10.8 Å². The fourth-order valence-electron chi connectivity index (χ4n) is 4.75. The Hall–Kier alpha value is -0.830. The molecule has 0 N–H and O–H groups in total.